The minimum atomic E-state index is -4.30. The van der Waals surface area contributed by atoms with Crippen molar-refractivity contribution >= 4 is 21.8 Å². The molecule has 1 amide bonds. The first-order valence-corrected chi connectivity index (χ1v) is 9.40. The van der Waals surface area contributed by atoms with Gasteiger partial charge < -0.3 is 0 Å². The van der Waals surface area contributed by atoms with Crippen molar-refractivity contribution in [3.05, 3.63) is 72.7 Å². The molecule has 0 spiro atoms. The van der Waals surface area contributed by atoms with Gasteiger partial charge in [0.05, 0.1) is 11.3 Å². The Morgan fingerprint density at radius 3 is 2.63 bits per heavy atom. The third-order valence-corrected chi connectivity index (χ3v) is 5.18. The molecule has 0 aliphatic heterocycles. The molecule has 0 atom stereocenters. The standard InChI is InChI=1S/C17H16FN5O3S/c1-2-23(15-6-4-3-5-14(15)18)27(25,26)21-17(24)13-7-8-16(20-11-13)22-10-9-19-12-22/h3-12H,2H2,1H3,(H,21,24). The van der Waals surface area contributed by atoms with Crippen LogP contribution in [0.2, 0.25) is 0 Å². The van der Waals surface area contributed by atoms with Crippen LogP contribution in [-0.2, 0) is 10.2 Å². The van der Waals surface area contributed by atoms with Crippen molar-refractivity contribution in [1.29, 1.82) is 0 Å². The van der Waals surface area contributed by atoms with E-state index in [1.807, 2.05) is 4.72 Å². The number of imidazole rings is 1. The highest BCUT2D eigenvalue weighted by atomic mass is 32.2. The van der Waals surface area contributed by atoms with E-state index in [4.69, 9.17) is 0 Å². The van der Waals surface area contributed by atoms with Gasteiger partial charge in [0.25, 0.3) is 5.91 Å². The van der Waals surface area contributed by atoms with Gasteiger partial charge in [0.1, 0.15) is 18.0 Å². The molecule has 3 rings (SSSR count). The number of nitrogens with zero attached hydrogens (tertiary/aromatic N) is 4. The Labute approximate surface area is 155 Å². The molecule has 0 saturated heterocycles. The molecule has 140 valence electrons. The fraction of sp³-hybridized carbons (Fsp3) is 0.118. The zero-order valence-electron chi connectivity index (χ0n) is 14.3. The maximum atomic E-state index is 14.0. The van der Waals surface area contributed by atoms with E-state index in [-0.39, 0.29) is 17.8 Å². The molecule has 1 N–H and O–H groups in total. The van der Waals surface area contributed by atoms with Crippen molar-refractivity contribution in [2.75, 3.05) is 10.8 Å². The SMILES string of the molecule is CCN(c1ccccc1F)S(=O)(=O)NC(=O)c1ccc(-n2ccnc2)nc1. The van der Waals surface area contributed by atoms with Gasteiger partial charge in [0.15, 0.2) is 0 Å². The van der Waals surface area contributed by atoms with Gasteiger partial charge in [-0.1, -0.05) is 12.1 Å². The number of carbonyl (C=O) groups excluding carboxylic acids is 1. The number of para-hydroxylation sites is 1. The van der Waals surface area contributed by atoms with E-state index in [0.717, 1.165) is 10.4 Å². The average Bonchev–Trinajstić information content (AvgIpc) is 3.18. The summed E-state index contributed by atoms with van der Waals surface area (Å²) in [4.78, 5) is 20.3. The van der Waals surface area contributed by atoms with Crippen LogP contribution in [0, 0.1) is 5.82 Å². The Kier molecular flexibility index (Phi) is 5.17. The number of benzene rings is 1. The summed E-state index contributed by atoms with van der Waals surface area (Å²) in [5.74, 6) is -1.05. The Morgan fingerprint density at radius 2 is 2.04 bits per heavy atom. The van der Waals surface area contributed by atoms with Crippen molar-refractivity contribution in [1.82, 2.24) is 19.3 Å². The summed E-state index contributed by atoms with van der Waals surface area (Å²) in [6.45, 7) is 1.49. The number of hydrogen-bond acceptors (Lipinski definition) is 5. The van der Waals surface area contributed by atoms with Gasteiger partial charge >= 0.3 is 10.2 Å². The van der Waals surface area contributed by atoms with Crippen LogP contribution in [0.15, 0.2) is 61.3 Å². The number of carbonyl (C=O) groups is 1. The highest BCUT2D eigenvalue weighted by molar-refractivity contribution is 7.91. The summed E-state index contributed by atoms with van der Waals surface area (Å²) in [6.07, 6.45) is 6.05. The lowest BCUT2D eigenvalue weighted by molar-refractivity contribution is 0.0981. The smallest absolute Gasteiger partial charge is 0.291 e. The maximum absolute atomic E-state index is 14.0. The second-order valence-electron chi connectivity index (χ2n) is 5.43. The first kappa shape index (κ1) is 18.5. The Hall–Kier alpha value is -3.27. The number of halogens is 1. The fourth-order valence-electron chi connectivity index (χ4n) is 2.42. The van der Waals surface area contributed by atoms with Crippen LogP contribution < -0.4 is 9.03 Å². The lowest BCUT2D eigenvalue weighted by atomic mass is 10.3. The normalized spacial score (nSPS) is 11.2. The molecule has 1 aromatic carbocycles. The molecule has 3 aromatic rings. The number of rotatable bonds is 6. The summed E-state index contributed by atoms with van der Waals surface area (Å²) >= 11 is 0. The molecule has 0 radical (unpaired) electrons. The molecule has 10 heteroatoms. The third-order valence-electron chi connectivity index (χ3n) is 3.70. The van der Waals surface area contributed by atoms with E-state index in [9.17, 15) is 17.6 Å². The lowest BCUT2D eigenvalue weighted by Gasteiger charge is -2.23. The molecule has 0 fully saturated rings. The average molecular weight is 389 g/mol. The topological polar surface area (TPSA) is 97.2 Å². The van der Waals surface area contributed by atoms with Crippen LogP contribution in [0.5, 0.6) is 0 Å². The summed E-state index contributed by atoms with van der Waals surface area (Å²) < 4.78 is 43.4. The Morgan fingerprint density at radius 1 is 1.26 bits per heavy atom. The predicted molar refractivity (Wildman–Crippen MR) is 97.2 cm³/mol. The Bertz CT molecular complexity index is 1040. The number of nitrogens with one attached hydrogen (secondary N) is 1. The van der Waals surface area contributed by atoms with Crippen molar-refractivity contribution in [2.45, 2.75) is 6.92 Å². The van der Waals surface area contributed by atoms with Gasteiger partial charge in [0, 0.05) is 25.1 Å². The quantitative estimate of drug-likeness (QED) is 0.695. The van der Waals surface area contributed by atoms with Crippen molar-refractivity contribution < 1.29 is 17.6 Å². The maximum Gasteiger partial charge on any atom is 0.326 e. The molecule has 0 saturated carbocycles. The number of anilines is 1. The molecule has 0 unspecified atom stereocenters. The molecule has 0 bridgehead atoms. The van der Waals surface area contributed by atoms with Crippen LogP contribution in [0.25, 0.3) is 5.82 Å². The first-order valence-electron chi connectivity index (χ1n) is 7.96. The van der Waals surface area contributed by atoms with Gasteiger partial charge in [-0.3, -0.25) is 13.7 Å². The van der Waals surface area contributed by atoms with E-state index in [1.54, 1.807) is 29.4 Å². The number of hydrogen-bond donors (Lipinski definition) is 1. The van der Waals surface area contributed by atoms with E-state index >= 15 is 0 Å². The molecule has 2 aromatic heterocycles. The summed E-state index contributed by atoms with van der Waals surface area (Å²) in [5.41, 5.74) is -0.0964. The molecular weight excluding hydrogens is 373 g/mol. The van der Waals surface area contributed by atoms with E-state index in [1.165, 1.54) is 37.4 Å². The second-order valence-corrected chi connectivity index (χ2v) is 7.02. The summed E-state index contributed by atoms with van der Waals surface area (Å²) in [6, 6.07) is 8.42. The molecule has 0 aliphatic carbocycles. The number of aromatic nitrogens is 3. The largest absolute Gasteiger partial charge is 0.326 e. The molecule has 0 aliphatic rings. The lowest BCUT2D eigenvalue weighted by Crippen LogP contribution is -2.44. The fourth-order valence-corrected chi connectivity index (χ4v) is 3.63. The van der Waals surface area contributed by atoms with Gasteiger partial charge in [-0.2, -0.15) is 8.42 Å². The molecule has 8 nitrogen and oxygen atoms in total. The van der Waals surface area contributed by atoms with E-state index in [2.05, 4.69) is 9.97 Å². The third kappa shape index (κ3) is 3.95. The first-order chi connectivity index (χ1) is 12.9. The zero-order valence-corrected chi connectivity index (χ0v) is 15.1. The van der Waals surface area contributed by atoms with Gasteiger partial charge in [-0.05, 0) is 31.2 Å². The monoisotopic (exact) mass is 389 g/mol. The zero-order chi connectivity index (χ0) is 19.4. The molecule has 27 heavy (non-hydrogen) atoms. The highest BCUT2D eigenvalue weighted by Gasteiger charge is 2.26. The number of pyridine rings is 1. The summed E-state index contributed by atoms with van der Waals surface area (Å²) in [5, 5.41) is 0. The van der Waals surface area contributed by atoms with Crippen LogP contribution in [0.3, 0.4) is 0 Å². The predicted octanol–water partition coefficient (Wildman–Crippen LogP) is 1.91. The highest BCUT2D eigenvalue weighted by Crippen LogP contribution is 2.21. The van der Waals surface area contributed by atoms with Crippen molar-refractivity contribution in [3.8, 4) is 5.82 Å². The van der Waals surface area contributed by atoms with E-state index in [0.29, 0.717) is 5.82 Å². The minimum absolute atomic E-state index is 0.0482. The van der Waals surface area contributed by atoms with Crippen LogP contribution >= 0.6 is 0 Å². The van der Waals surface area contributed by atoms with Crippen LogP contribution in [-0.4, -0.2) is 35.4 Å². The van der Waals surface area contributed by atoms with Crippen LogP contribution in [0.4, 0.5) is 10.1 Å². The van der Waals surface area contributed by atoms with Crippen molar-refractivity contribution in [3.63, 3.8) is 0 Å². The van der Waals surface area contributed by atoms with Crippen LogP contribution in [0.1, 0.15) is 17.3 Å². The van der Waals surface area contributed by atoms with Gasteiger partial charge in [0.2, 0.25) is 0 Å². The molecule has 2 heterocycles. The van der Waals surface area contributed by atoms with E-state index < -0.39 is 21.9 Å². The minimum Gasteiger partial charge on any atom is -0.291 e. The number of amides is 1. The summed E-state index contributed by atoms with van der Waals surface area (Å²) in [7, 11) is -4.30. The van der Waals surface area contributed by atoms with Crippen molar-refractivity contribution in [2.24, 2.45) is 0 Å². The van der Waals surface area contributed by atoms with Gasteiger partial charge in [-0.15, -0.1) is 0 Å². The molecular formula is C17H16FN5O3S. The van der Waals surface area contributed by atoms with Gasteiger partial charge in [-0.25, -0.2) is 19.1 Å². The second kappa shape index (κ2) is 7.54. The Balaban J connectivity index is 1.80.